The smallest absolute Gasteiger partial charge is 0.233 e. The summed E-state index contributed by atoms with van der Waals surface area (Å²) in [6.07, 6.45) is 1.49. The van der Waals surface area contributed by atoms with Gasteiger partial charge in [0.1, 0.15) is 0 Å². The molecule has 2 aromatic rings. The molecule has 6 heteroatoms. The Balaban J connectivity index is 1.87. The number of thioether (sulfide) groups is 1. The van der Waals surface area contributed by atoms with E-state index in [2.05, 4.69) is 5.32 Å². The Hall–Kier alpha value is -1.85. The van der Waals surface area contributed by atoms with Crippen molar-refractivity contribution in [2.75, 3.05) is 20.8 Å². The average molecular weight is 394 g/mol. The number of halogens is 1. The van der Waals surface area contributed by atoms with Crippen LogP contribution in [0.4, 0.5) is 0 Å². The van der Waals surface area contributed by atoms with Crippen molar-refractivity contribution in [2.45, 2.75) is 29.9 Å². The van der Waals surface area contributed by atoms with Crippen molar-refractivity contribution in [1.82, 2.24) is 5.32 Å². The minimum absolute atomic E-state index is 0.0490. The molecule has 1 N–H and O–H groups in total. The first kappa shape index (κ1) is 20.5. The summed E-state index contributed by atoms with van der Waals surface area (Å²) in [5.41, 5.74) is 1.08. The summed E-state index contributed by atoms with van der Waals surface area (Å²) in [4.78, 5) is 13.5. The van der Waals surface area contributed by atoms with Crippen molar-refractivity contribution in [3.8, 4) is 11.5 Å². The highest BCUT2D eigenvalue weighted by Gasteiger charge is 2.17. The Morgan fingerprint density at radius 1 is 1.12 bits per heavy atom. The van der Waals surface area contributed by atoms with E-state index < -0.39 is 0 Å². The molecule has 0 fully saturated rings. The fourth-order valence-electron chi connectivity index (χ4n) is 2.48. The van der Waals surface area contributed by atoms with Crippen molar-refractivity contribution in [2.24, 2.45) is 0 Å². The lowest BCUT2D eigenvalue weighted by Gasteiger charge is -2.15. The average Bonchev–Trinajstić information content (AvgIpc) is 2.67. The summed E-state index contributed by atoms with van der Waals surface area (Å²) in [5.74, 6) is 1.44. The third-order valence-electron chi connectivity index (χ3n) is 3.92. The molecule has 0 saturated carbocycles. The highest BCUT2D eigenvalue weighted by molar-refractivity contribution is 8.00. The fraction of sp³-hybridized carbons (Fsp3) is 0.350. The molecule has 1 atom stereocenters. The van der Waals surface area contributed by atoms with Gasteiger partial charge in [0, 0.05) is 16.5 Å². The maximum Gasteiger partial charge on any atom is 0.233 e. The molecule has 0 radical (unpaired) electrons. The predicted octanol–water partition coefficient (Wildman–Crippen LogP) is 4.59. The van der Waals surface area contributed by atoms with Crippen molar-refractivity contribution >= 4 is 29.3 Å². The minimum Gasteiger partial charge on any atom is -0.493 e. The first-order chi connectivity index (χ1) is 12.6. The number of ether oxygens (including phenoxy) is 2. The fourth-order valence-corrected chi connectivity index (χ4v) is 3.58. The summed E-state index contributed by atoms with van der Waals surface area (Å²) in [6, 6.07) is 13.3. The van der Waals surface area contributed by atoms with E-state index in [1.54, 1.807) is 26.0 Å². The Labute approximate surface area is 164 Å². The number of rotatable bonds is 9. The number of methoxy groups -OCH3 is 2. The van der Waals surface area contributed by atoms with Crippen LogP contribution in [0.3, 0.4) is 0 Å². The zero-order valence-electron chi connectivity index (χ0n) is 15.3. The number of hydrogen-bond acceptors (Lipinski definition) is 4. The number of carbonyl (C=O) groups is 1. The molecule has 0 aliphatic heterocycles. The second-order valence-corrected chi connectivity index (χ2v) is 7.41. The van der Waals surface area contributed by atoms with Gasteiger partial charge in [-0.05, 0) is 54.8 Å². The van der Waals surface area contributed by atoms with Gasteiger partial charge in [-0.1, -0.05) is 24.6 Å². The highest BCUT2D eigenvalue weighted by atomic mass is 35.5. The van der Waals surface area contributed by atoms with Crippen LogP contribution < -0.4 is 14.8 Å². The number of carbonyl (C=O) groups excluding carboxylic acids is 1. The molecule has 140 valence electrons. The summed E-state index contributed by atoms with van der Waals surface area (Å²) >= 11 is 7.46. The van der Waals surface area contributed by atoms with Crippen LogP contribution in [0, 0.1) is 0 Å². The first-order valence-corrected chi connectivity index (χ1v) is 9.74. The lowest BCUT2D eigenvalue weighted by Crippen LogP contribution is -2.33. The van der Waals surface area contributed by atoms with Gasteiger partial charge in [-0.2, -0.15) is 0 Å². The molecule has 4 nitrogen and oxygen atoms in total. The van der Waals surface area contributed by atoms with Gasteiger partial charge in [-0.25, -0.2) is 0 Å². The number of hydrogen-bond donors (Lipinski definition) is 1. The molecular formula is C20H24ClNO3S. The standard InChI is InChI=1S/C20H24ClNO3S/c1-4-19(26-16-8-6-15(21)7-9-16)20(23)22-12-11-14-5-10-17(24-2)18(13-14)25-3/h5-10,13,19H,4,11-12H2,1-3H3,(H,22,23)/t19-/m1/s1. The third kappa shape index (κ3) is 5.85. The van der Waals surface area contributed by atoms with E-state index in [0.29, 0.717) is 23.1 Å². The van der Waals surface area contributed by atoms with Crippen molar-refractivity contribution in [3.05, 3.63) is 53.1 Å². The largest absolute Gasteiger partial charge is 0.493 e. The predicted molar refractivity (Wildman–Crippen MR) is 108 cm³/mol. The molecular weight excluding hydrogens is 370 g/mol. The summed E-state index contributed by atoms with van der Waals surface area (Å²) in [7, 11) is 3.23. The molecule has 0 aliphatic rings. The summed E-state index contributed by atoms with van der Waals surface area (Å²) in [5, 5.41) is 3.59. The van der Waals surface area contributed by atoms with Crippen LogP contribution in [0.1, 0.15) is 18.9 Å². The van der Waals surface area contributed by atoms with E-state index in [0.717, 1.165) is 23.3 Å². The second kappa shape index (κ2) is 10.3. The molecule has 2 rings (SSSR count). The van der Waals surface area contributed by atoms with Gasteiger partial charge in [-0.3, -0.25) is 4.79 Å². The van der Waals surface area contributed by atoms with E-state index in [1.807, 2.05) is 49.4 Å². The van der Waals surface area contributed by atoms with E-state index in [4.69, 9.17) is 21.1 Å². The monoisotopic (exact) mass is 393 g/mol. The quantitative estimate of drug-likeness (QED) is 0.633. The molecule has 0 heterocycles. The molecule has 26 heavy (non-hydrogen) atoms. The van der Waals surface area contributed by atoms with Crippen LogP contribution in [-0.2, 0) is 11.2 Å². The summed E-state index contributed by atoms with van der Waals surface area (Å²) in [6.45, 7) is 2.59. The SMILES string of the molecule is CC[C@@H](Sc1ccc(Cl)cc1)C(=O)NCCc1ccc(OC)c(OC)c1. The Bertz CT molecular complexity index is 721. The maximum atomic E-state index is 12.5. The van der Waals surface area contributed by atoms with Crippen molar-refractivity contribution in [3.63, 3.8) is 0 Å². The number of nitrogens with one attached hydrogen (secondary N) is 1. The van der Waals surface area contributed by atoms with E-state index >= 15 is 0 Å². The molecule has 2 aromatic carbocycles. The summed E-state index contributed by atoms with van der Waals surface area (Å²) < 4.78 is 10.5. The molecule has 0 spiro atoms. The van der Waals surface area contributed by atoms with Crippen molar-refractivity contribution < 1.29 is 14.3 Å². The van der Waals surface area contributed by atoms with Crippen LogP contribution in [0.5, 0.6) is 11.5 Å². The third-order valence-corrected chi connectivity index (χ3v) is 5.54. The van der Waals surface area contributed by atoms with E-state index in [1.165, 1.54) is 0 Å². The van der Waals surface area contributed by atoms with Crippen LogP contribution in [0.2, 0.25) is 5.02 Å². The lowest BCUT2D eigenvalue weighted by atomic mass is 10.1. The highest BCUT2D eigenvalue weighted by Crippen LogP contribution is 2.28. The zero-order chi connectivity index (χ0) is 18.9. The van der Waals surface area contributed by atoms with Gasteiger partial charge < -0.3 is 14.8 Å². The van der Waals surface area contributed by atoms with Gasteiger partial charge >= 0.3 is 0 Å². The lowest BCUT2D eigenvalue weighted by molar-refractivity contribution is -0.120. The van der Waals surface area contributed by atoms with E-state index in [9.17, 15) is 4.79 Å². The van der Waals surface area contributed by atoms with Gasteiger partial charge in [-0.15, -0.1) is 11.8 Å². The van der Waals surface area contributed by atoms with Gasteiger partial charge in [0.2, 0.25) is 5.91 Å². The first-order valence-electron chi connectivity index (χ1n) is 8.48. The van der Waals surface area contributed by atoms with Crippen LogP contribution >= 0.6 is 23.4 Å². The number of benzene rings is 2. The molecule has 0 unspecified atom stereocenters. The molecule has 0 aromatic heterocycles. The Morgan fingerprint density at radius 2 is 1.81 bits per heavy atom. The minimum atomic E-state index is -0.124. The van der Waals surface area contributed by atoms with Gasteiger partial charge in [0.15, 0.2) is 11.5 Å². The van der Waals surface area contributed by atoms with Crippen LogP contribution in [-0.4, -0.2) is 31.9 Å². The van der Waals surface area contributed by atoms with Crippen LogP contribution in [0.25, 0.3) is 0 Å². The van der Waals surface area contributed by atoms with Gasteiger partial charge in [0.05, 0.1) is 19.5 Å². The number of amides is 1. The molecule has 0 saturated heterocycles. The normalized spacial score (nSPS) is 11.7. The molecule has 0 aliphatic carbocycles. The topological polar surface area (TPSA) is 47.6 Å². The Morgan fingerprint density at radius 3 is 2.42 bits per heavy atom. The van der Waals surface area contributed by atoms with Crippen LogP contribution in [0.15, 0.2) is 47.4 Å². The van der Waals surface area contributed by atoms with Gasteiger partial charge in [0.25, 0.3) is 0 Å². The zero-order valence-corrected chi connectivity index (χ0v) is 16.8. The molecule has 0 bridgehead atoms. The van der Waals surface area contributed by atoms with E-state index in [-0.39, 0.29) is 11.2 Å². The maximum absolute atomic E-state index is 12.5. The molecule has 1 amide bonds. The Kier molecular flexibility index (Phi) is 8.13. The second-order valence-electron chi connectivity index (χ2n) is 5.70. The van der Waals surface area contributed by atoms with Crippen molar-refractivity contribution in [1.29, 1.82) is 0 Å².